The smallest absolute Gasteiger partial charge is 0.253 e. The molecule has 1 aliphatic rings. The van der Waals surface area contributed by atoms with Gasteiger partial charge in [0, 0.05) is 36.8 Å². The van der Waals surface area contributed by atoms with Crippen LogP contribution in [-0.2, 0) is 10.0 Å². The number of aryl methyl sites for hydroxylation is 1. The summed E-state index contributed by atoms with van der Waals surface area (Å²) < 4.78 is 27.0. The van der Waals surface area contributed by atoms with Gasteiger partial charge in [0.15, 0.2) is 0 Å². The second-order valence-corrected chi connectivity index (χ2v) is 8.89. The van der Waals surface area contributed by atoms with Crippen LogP contribution in [-0.4, -0.2) is 49.7 Å². The Balaban J connectivity index is 1.74. The van der Waals surface area contributed by atoms with Crippen LogP contribution in [0.2, 0.25) is 10.0 Å². The first kappa shape index (κ1) is 19.2. The van der Waals surface area contributed by atoms with Gasteiger partial charge in [0.25, 0.3) is 5.91 Å². The number of hydrogen-bond donors (Lipinski definition) is 0. The molecule has 138 valence electrons. The first-order valence-electron chi connectivity index (χ1n) is 8.10. The maximum atomic E-state index is 12.8. The standard InChI is InChI=1S/C18H18Cl2N2O3S/c1-13-3-2-4-14(11-13)18(23)21-7-9-22(10-8-21)26(24,25)17-12-15(19)5-6-16(17)20/h2-6,11-12H,7-10H2,1H3. The topological polar surface area (TPSA) is 57.7 Å². The summed E-state index contributed by atoms with van der Waals surface area (Å²) >= 11 is 12.0. The molecular formula is C18H18Cl2N2O3S. The first-order chi connectivity index (χ1) is 12.3. The van der Waals surface area contributed by atoms with Crippen molar-refractivity contribution in [2.45, 2.75) is 11.8 Å². The van der Waals surface area contributed by atoms with Gasteiger partial charge in [-0.2, -0.15) is 4.31 Å². The van der Waals surface area contributed by atoms with Gasteiger partial charge in [0.2, 0.25) is 10.0 Å². The van der Waals surface area contributed by atoms with Gasteiger partial charge in [-0.3, -0.25) is 4.79 Å². The average molecular weight is 413 g/mol. The third-order valence-corrected chi connectivity index (χ3v) is 6.92. The lowest BCUT2D eigenvalue weighted by molar-refractivity contribution is 0.0698. The average Bonchev–Trinajstić information content (AvgIpc) is 2.63. The van der Waals surface area contributed by atoms with Gasteiger partial charge in [-0.05, 0) is 37.3 Å². The van der Waals surface area contributed by atoms with Crippen LogP contribution in [0.1, 0.15) is 15.9 Å². The molecule has 0 aliphatic carbocycles. The van der Waals surface area contributed by atoms with Crippen LogP contribution in [0.5, 0.6) is 0 Å². The van der Waals surface area contributed by atoms with Crippen LogP contribution in [0.25, 0.3) is 0 Å². The number of amides is 1. The van der Waals surface area contributed by atoms with E-state index in [4.69, 9.17) is 23.2 Å². The van der Waals surface area contributed by atoms with E-state index in [-0.39, 0.29) is 28.9 Å². The fraction of sp³-hybridized carbons (Fsp3) is 0.278. The minimum absolute atomic E-state index is 0.00914. The number of hydrogen-bond acceptors (Lipinski definition) is 3. The molecule has 0 atom stereocenters. The van der Waals surface area contributed by atoms with Gasteiger partial charge in [-0.25, -0.2) is 8.42 Å². The van der Waals surface area contributed by atoms with E-state index >= 15 is 0 Å². The van der Waals surface area contributed by atoms with Crippen molar-refractivity contribution in [3.8, 4) is 0 Å². The quantitative estimate of drug-likeness (QED) is 0.775. The predicted molar refractivity (Wildman–Crippen MR) is 102 cm³/mol. The van der Waals surface area contributed by atoms with Crippen molar-refractivity contribution in [2.24, 2.45) is 0 Å². The highest BCUT2D eigenvalue weighted by molar-refractivity contribution is 7.89. The second kappa shape index (κ2) is 7.56. The highest BCUT2D eigenvalue weighted by Crippen LogP contribution is 2.28. The van der Waals surface area contributed by atoms with Crippen molar-refractivity contribution in [1.29, 1.82) is 0 Å². The van der Waals surface area contributed by atoms with E-state index in [1.54, 1.807) is 17.0 Å². The van der Waals surface area contributed by atoms with Crippen molar-refractivity contribution < 1.29 is 13.2 Å². The summed E-state index contributed by atoms with van der Waals surface area (Å²) in [6.45, 7) is 3.00. The molecule has 0 aromatic heterocycles. The number of carbonyl (C=O) groups is 1. The number of piperazine rings is 1. The van der Waals surface area contributed by atoms with Gasteiger partial charge < -0.3 is 4.90 Å². The predicted octanol–water partition coefficient (Wildman–Crippen LogP) is 3.45. The molecule has 5 nitrogen and oxygen atoms in total. The van der Waals surface area contributed by atoms with E-state index in [2.05, 4.69) is 0 Å². The van der Waals surface area contributed by atoms with E-state index in [0.717, 1.165) is 5.56 Å². The zero-order valence-electron chi connectivity index (χ0n) is 14.2. The normalized spacial score (nSPS) is 15.9. The monoisotopic (exact) mass is 412 g/mol. The van der Waals surface area contributed by atoms with Gasteiger partial charge in [0.1, 0.15) is 4.90 Å². The van der Waals surface area contributed by atoms with Gasteiger partial charge in [-0.1, -0.05) is 40.9 Å². The third-order valence-electron chi connectivity index (χ3n) is 4.30. The zero-order valence-corrected chi connectivity index (χ0v) is 16.5. The molecule has 8 heteroatoms. The minimum atomic E-state index is -3.76. The fourth-order valence-electron chi connectivity index (χ4n) is 2.91. The van der Waals surface area contributed by atoms with Crippen molar-refractivity contribution in [3.05, 3.63) is 63.6 Å². The molecule has 0 spiro atoms. The number of halogens is 2. The molecule has 2 aromatic rings. The third kappa shape index (κ3) is 3.88. The number of sulfonamides is 1. The van der Waals surface area contributed by atoms with Crippen molar-refractivity contribution in [1.82, 2.24) is 9.21 Å². The van der Waals surface area contributed by atoms with Crippen molar-refractivity contribution >= 4 is 39.1 Å². The Hall–Kier alpha value is -1.60. The SMILES string of the molecule is Cc1cccc(C(=O)N2CCN(S(=O)(=O)c3cc(Cl)ccc3Cl)CC2)c1. The minimum Gasteiger partial charge on any atom is -0.336 e. The lowest BCUT2D eigenvalue weighted by atomic mass is 10.1. The Bertz CT molecular complexity index is 939. The summed E-state index contributed by atoms with van der Waals surface area (Å²) in [5.41, 5.74) is 1.62. The molecule has 1 saturated heterocycles. The van der Waals surface area contributed by atoms with Crippen LogP contribution >= 0.6 is 23.2 Å². The van der Waals surface area contributed by atoms with Crippen LogP contribution in [0.15, 0.2) is 47.4 Å². The lowest BCUT2D eigenvalue weighted by Crippen LogP contribution is -2.50. The van der Waals surface area contributed by atoms with Gasteiger partial charge >= 0.3 is 0 Å². The molecule has 1 amide bonds. The lowest BCUT2D eigenvalue weighted by Gasteiger charge is -2.34. The second-order valence-electron chi connectivity index (χ2n) is 6.14. The van der Waals surface area contributed by atoms with Crippen LogP contribution in [0, 0.1) is 6.92 Å². The van der Waals surface area contributed by atoms with Crippen LogP contribution in [0.4, 0.5) is 0 Å². The molecule has 0 N–H and O–H groups in total. The largest absolute Gasteiger partial charge is 0.336 e. The number of nitrogens with zero attached hydrogens (tertiary/aromatic N) is 2. The molecule has 0 unspecified atom stereocenters. The number of benzene rings is 2. The molecule has 26 heavy (non-hydrogen) atoms. The fourth-order valence-corrected chi connectivity index (χ4v) is 5.07. The highest BCUT2D eigenvalue weighted by Gasteiger charge is 2.31. The summed E-state index contributed by atoms with van der Waals surface area (Å²) in [7, 11) is -3.76. The zero-order chi connectivity index (χ0) is 18.9. The Labute approximate surface area is 163 Å². The van der Waals surface area contributed by atoms with Crippen molar-refractivity contribution in [2.75, 3.05) is 26.2 Å². The summed E-state index contributed by atoms with van der Waals surface area (Å²) in [5.74, 6) is -0.0912. The molecule has 1 heterocycles. The van der Waals surface area contributed by atoms with Crippen LogP contribution < -0.4 is 0 Å². The Morgan fingerprint density at radius 1 is 1.00 bits per heavy atom. The number of carbonyl (C=O) groups excluding carboxylic acids is 1. The molecule has 1 aliphatic heterocycles. The van der Waals surface area contributed by atoms with E-state index in [1.807, 2.05) is 25.1 Å². The molecular weight excluding hydrogens is 395 g/mol. The van der Waals surface area contributed by atoms with E-state index < -0.39 is 10.0 Å². The van der Waals surface area contributed by atoms with E-state index in [9.17, 15) is 13.2 Å². The maximum absolute atomic E-state index is 12.8. The first-order valence-corrected chi connectivity index (χ1v) is 10.3. The number of rotatable bonds is 3. The maximum Gasteiger partial charge on any atom is 0.253 e. The summed E-state index contributed by atoms with van der Waals surface area (Å²) in [6.07, 6.45) is 0. The molecule has 1 fully saturated rings. The molecule has 0 saturated carbocycles. The summed E-state index contributed by atoms with van der Waals surface area (Å²) in [6, 6.07) is 11.7. The Kier molecular flexibility index (Phi) is 5.58. The Morgan fingerprint density at radius 3 is 2.35 bits per heavy atom. The van der Waals surface area contributed by atoms with Crippen LogP contribution in [0.3, 0.4) is 0 Å². The molecule has 0 bridgehead atoms. The molecule has 0 radical (unpaired) electrons. The summed E-state index contributed by atoms with van der Waals surface area (Å²) in [4.78, 5) is 14.3. The molecule has 2 aromatic carbocycles. The van der Waals surface area contributed by atoms with E-state index in [1.165, 1.54) is 16.4 Å². The summed E-state index contributed by atoms with van der Waals surface area (Å²) in [5, 5.41) is 0.439. The van der Waals surface area contributed by atoms with E-state index in [0.29, 0.717) is 23.7 Å². The van der Waals surface area contributed by atoms with Gasteiger partial charge in [0.05, 0.1) is 5.02 Å². The highest BCUT2D eigenvalue weighted by atomic mass is 35.5. The van der Waals surface area contributed by atoms with Gasteiger partial charge in [-0.15, -0.1) is 0 Å². The van der Waals surface area contributed by atoms with Crippen molar-refractivity contribution in [3.63, 3.8) is 0 Å². The molecule has 3 rings (SSSR count). The Morgan fingerprint density at radius 2 is 1.69 bits per heavy atom.